The molecular formula is C15H25IN2O. The van der Waals surface area contributed by atoms with Crippen LogP contribution in [0.25, 0.3) is 0 Å². The summed E-state index contributed by atoms with van der Waals surface area (Å²) in [5.41, 5.74) is 2.60. The zero-order valence-corrected chi connectivity index (χ0v) is 14.9. The number of halogens is 1. The van der Waals surface area contributed by atoms with Crippen LogP contribution < -0.4 is 0 Å². The zero-order chi connectivity index (χ0) is 15.3. The second-order valence-electron chi connectivity index (χ2n) is 4.07. The molecule has 0 aromatic heterocycles. The molecule has 3 nitrogen and oxygen atoms in total. The SMILES string of the molecule is C/C=C\C=C(/C)C1CC(C)=NN1C.CC#CC.OI. The van der Waals surface area contributed by atoms with Gasteiger partial charge in [-0.3, -0.25) is 5.01 Å². The summed E-state index contributed by atoms with van der Waals surface area (Å²) in [5.74, 6) is 5.36. The summed E-state index contributed by atoms with van der Waals surface area (Å²) >= 11 is 1.15. The third-order valence-electron chi connectivity index (χ3n) is 2.60. The number of rotatable bonds is 2. The minimum Gasteiger partial charge on any atom is -0.331 e. The van der Waals surface area contributed by atoms with Gasteiger partial charge in [-0.1, -0.05) is 18.2 Å². The first-order valence-electron chi connectivity index (χ1n) is 6.13. The average Bonchev–Trinajstić information content (AvgIpc) is 2.77. The number of hydrogen-bond acceptors (Lipinski definition) is 3. The van der Waals surface area contributed by atoms with Gasteiger partial charge in [-0.25, -0.2) is 0 Å². The molecule has 0 radical (unpaired) electrons. The normalized spacial score (nSPS) is 17.7. The topological polar surface area (TPSA) is 35.8 Å². The Hall–Kier alpha value is -0.800. The van der Waals surface area contributed by atoms with Crippen LogP contribution in [0.1, 0.15) is 41.0 Å². The van der Waals surface area contributed by atoms with E-state index in [1.165, 1.54) is 11.3 Å². The summed E-state index contributed by atoms with van der Waals surface area (Å²) < 4.78 is 6.97. The molecule has 1 aliphatic rings. The minimum atomic E-state index is 0.469. The molecule has 1 N–H and O–H groups in total. The third-order valence-corrected chi connectivity index (χ3v) is 2.60. The molecule has 0 spiro atoms. The van der Waals surface area contributed by atoms with Crippen molar-refractivity contribution in [2.24, 2.45) is 5.10 Å². The highest BCUT2D eigenvalue weighted by Crippen LogP contribution is 2.19. The van der Waals surface area contributed by atoms with Crippen LogP contribution in [-0.4, -0.2) is 27.2 Å². The Labute approximate surface area is 132 Å². The predicted molar refractivity (Wildman–Crippen MR) is 93.2 cm³/mol. The van der Waals surface area contributed by atoms with Crippen LogP contribution in [0, 0.1) is 11.8 Å². The largest absolute Gasteiger partial charge is 0.331 e. The average molecular weight is 376 g/mol. The van der Waals surface area contributed by atoms with Crippen molar-refractivity contribution >= 4 is 28.7 Å². The zero-order valence-electron chi connectivity index (χ0n) is 12.7. The molecule has 0 aliphatic carbocycles. The molecular weight excluding hydrogens is 351 g/mol. The Bertz CT molecular complexity index is 369. The molecule has 4 heteroatoms. The second-order valence-corrected chi connectivity index (χ2v) is 4.07. The summed E-state index contributed by atoms with van der Waals surface area (Å²) in [6.07, 6.45) is 7.36. The molecule has 0 fully saturated rings. The second kappa shape index (κ2) is 13.6. The monoisotopic (exact) mass is 376 g/mol. The van der Waals surface area contributed by atoms with Crippen molar-refractivity contribution in [3.05, 3.63) is 23.8 Å². The smallest absolute Gasteiger partial charge is 0.106 e. The number of hydrogen-bond donors (Lipinski definition) is 1. The van der Waals surface area contributed by atoms with Crippen LogP contribution >= 0.6 is 23.0 Å². The van der Waals surface area contributed by atoms with Crippen molar-refractivity contribution in [2.75, 3.05) is 7.05 Å². The molecule has 0 saturated heterocycles. The fourth-order valence-corrected chi connectivity index (χ4v) is 1.61. The van der Waals surface area contributed by atoms with E-state index in [1.807, 2.05) is 38.9 Å². The fourth-order valence-electron chi connectivity index (χ4n) is 1.61. The molecule has 0 amide bonds. The Morgan fingerprint density at radius 2 is 1.95 bits per heavy atom. The van der Waals surface area contributed by atoms with E-state index in [0.717, 1.165) is 29.4 Å². The fraction of sp³-hybridized carbons (Fsp3) is 0.533. The number of nitrogens with zero attached hydrogens (tertiary/aromatic N) is 2. The van der Waals surface area contributed by atoms with Gasteiger partial charge in [0.05, 0.1) is 6.04 Å². The highest BCUT2D eigenvalue weighted by molar-refractivity contribution is 14.1. The molecule has 1 unspecified atom stereocenters. The summed E-state index contributed by atoms with van der Waals surface area (Å²) in [6, 6.07) is 0.469. The van der Waals surface area contributed by atoms with Gasteiger partial charge in [0.1, 0.15) is 23.0 Å². The first-order valence-corrected chi connectivity index (χ1v) is 7.10. The third kappa shape index (κ3) is 9.74. The van der Waals surface area contributed by atoms with Crippen LogP contribution in [-0.2, 0) is 0 Å². The first-order chi connectivity index (χ1) is 9.06. The summed E-state index contributed by atoms with van der Waals surface area (Å²) in [5, 5.41) is 6.43. The standard InChI is InChI=1S/C11H18N2.C4H6.HIO/c1-5-6-7-9(2)11-8-10(3)12-13(11)4;1-3-4-2;1-2/h5-7,11H,8H2,1-4H3;1-2H3;2H/b6-5-,9-7+;;. The molecule has 0 bridgehead atoms. The van der Waals surface area contributed by atoms with E-state index in [1.54, 1.807) is 0 Å². The quantitative estimate of drug-likeness (QED) is 0.450. The molecule has 1 aliphatic heterocycles. The summed E-state index contributed by atoms with van der Waals surface area (Å²) in [4.78, 5) is 0. The van der Waals surface area contributed by atoms with Gasteiger partial charge >= 0.3 is 0 Å². The van der Waals surface area contributed by atoms with Gasteiger partial charge in [-0.15, -0.1) is 11.8 Å². The summed E-state index contributed by atoms with van der Waals surface area (Å²) in [7, 11) is 2.04. The van der Waals surface area contributed by atoms with Crippen LogP contribution in [0.15, 0.2) is 28.9 Å². The molecule has 0 aromatic rings. The number of hydrazone groups is 1. The number of likely N-dealkylation sites (N-methyl/N-ethyl adjacent to an activating group) is 1. The summed E-state index contributed by atoms with van der Waals surface area (Å²) in [6.45, 7) is 9.92. The van der Waals surface area contributed by atoms with Gasteiger partial charge in [0.25, 0.3) is 0 Å². The van der Waals surface area contributed by atoms with Crippen molar-refractivity contribution in [2.45, 2.75) is 47.1 Å². The Kier molecular flexibility index (Phi) is 14.7. The van der Waals surface area contributed by atoms with E-state index in [4.69, 9.17) is 3.44 Å². The van der Waals surface area contributed by atoms with Gasteiger partial charge in [0.2, 0.25) is 0 Å². The molecule has 0 aromatic carbocycles. The lowest BCUT2D eigenvalue weighted by atomic mass is 10.0. The van der Waals surface area contributed by atoms with Crippen LogP contribution in [0.5, 0.6) is 0 Å². The van der Waals surface area contributed by atoms with Crippen molar-refractivity contribution in [3.63, 3.8) is 0 Å². The molecule has 1 heterocycles. The Morgan fingerprint density at radius 3 is 2.26 bits per heavy atom. The minimum absolute atomic E-state index is 0.469. The van der Waals surface area contributed by atoms with E-state index >= 15 is 0 Å². The Balaban J connectivity index is 0. The van der Waals surface area contributed by atoms with Crippen LogP contribution in [0.3, 0.4) is 0 Å². The van der Waals surface area contributed by atoms with E-state index in [-0.39, 0.29) is 0 Å². The lowest BCUT2D eigenvalue weighted by Crippen LogP contribution is -2.23. The van der Waals surface area contributed by atoms with Crippen LogP contribution in [0.2, 0.25) is 0 Å². The molecule has 1 rings (SSSR count). The van der Waals surface area contributed by atoms with E-state index < -0.39 is 0 Å². The molecule has 108 valence electrons. The number of allylic oxidation sites excluding steroid dienone is 3. The van der Waals surface area contributed by atoms with Crippen LogP contribution in [0.4, 0.5) is 0 Å². The molecule has 19 heavy (non-hydrogen) atoms. The first kappa shape index (κ1) is 20.5. The van der Waals surface area contributed by atoms with E-state index in [9.17, 15) is 0 Å². The maximum atomic E-state index is 6.97. The maximum absolute atomic E-state index is 6.97. The van der Waals surface area contributed by atoms with E-state index in [2.05, 4.69) is 42.9 Å². The van der Waals surface area contributed by atoms with Gasteiger partial charge in [0, 0.05) is 19.2 Å². The van der Waals surface area contributed by atoms with Gasteiger partial charge in [-0.2, -0.15) is 5.10 Å². The van der Waals surface area contributed by atoms with Crippen molar-refractivity contribution in [1.82, 2.24) is 5.01 Å². The lowest BCUT2D eigenvalue weighted by Gasteiger charge is -2.19. The van der Waals surface area contributed by atoms with Crippen molar-refractivity contribution in [1.29, 1.82) is 0 Å². The lowest BCUT2D eigenvalue weighted by molar-refractivity contribution is 0.317. The maximum Gasteiger partial charge on any atom is 0.106 e. The van der Waals surface area contributed by atoms with Crippen molar-refractivity contribution in [3.8, 4) is 11.8 Å². The highest BCUT2D eigenvalue weighted by Gasteiger charge is 2.21. The highest BCUT2D eigenvalue weighted by atomic mass is 127. The van der Waals surface area contributed by atoms with Gasteiger partial charge < -0.3 is 3.44 Å². The molecule has 1 atom stereocenters. The predicted octanol–water partition coefficient (Wildman–Crippen LogP) is 3.95. The van der Waals surface area contributed by atoms with Gasteiger partial charge in [-0.05, 0) is 40.2 Å². The van der Waals surface area contributed by atoms with Gasteiger partial charge in [0.15, 0.2) is 0 Å². The Morgan fingerprint density at radius 1 is 1.42 bits per heavy atom. The molecule has 0 saturated carbocycles. The van der Waals surface area contributed by atoms with E-state index in [0.29, 0.717) is 6.04 Å². The van der Waals surface area contributed by atoms with Crippen molar-refractivity contribution < 1.29 is 3.44 Å².